The number of pyridine rings is 1. The largest absolute Gasteiger partial charge is 0.314 e. The summed E-state index contributed by atoms with van der Waals surface area (Å²) in [5.74, 6) is 0.944. The van der Waals surface area contributed by atoms with Crippen molar-refractivity contribution in [2.75, 3.05) is 6.54 Å². The topological polar surface area (TPSA) is 24.9 Å². The van der Waals surface area contributed by atoms with Crippen LogP contribution in [-0.2, 0) is 6.42 Å². The summed E-state index contributed by atoms with van der Waals surface area (Å²) in [6, 6.07) is 13.5. The number of hydrogen-bond acceptors (Lipinski definition) is 2. The summed E-state index contributed by atoms with van der Waals surface area (Å²) in [6.07, 6.45) is 6.46. The predicted octanol–water partition coefficient (Wildman–Crippen LogP) is 3.95. The molecule has 2 nitrogen and oxygen atoms in total. The molecule has 2 heteroatoms. The third-order valence-electron chi connectivity index (χ3n) is 4.26. The number of nitrogens with zero attached hydrogens (tertiary/aromatic N) is 1. The molecule has 1 atom stereocenters. The van der Waals surface area contributed by atoms with Crippen LogP contribution in [0.4, 0.5) is 0 Å². The molecule has 106 valence electrons. The van der Waals surface area contributed by atoms with Crippen molar-refractivity contribution in [1.29, 1.82) is 0 Å². The minimum absolute atomic E-state index is 0.737. The minimum atomic E-state index is 0.737. The molecule has 1 heterocycles. The molecular formula is C18H24N2. The van der Waals surface area contributed by atoms with Gasteiger partial charge in [-0.1, -0.05) is 31.2 Å². The van der Waals surface area contributed by atoms with E-state index in [0.717, 1.165) is 30.4 Å². The van der Waals surface area contributed by atoms with Gasteiger partial charge < -0.3 is 5.32 Å². The first kappa shape index (κ1) is 13.6. The maximum absolute atomic E-state index is 4.76. The Morgan fingerprint density at radius 3 is 2.85 bits per heavy atom. The first-order valence-corrected chi connectivity index (χ1v) is 7.95. The van der Waals surface area contributed by atoms with Crippen LogP contribution in [0.1, 0.15) is 38.3 Å². The van der Waals surface area contributed by atoms with Gasteiger partial charge in [0.2, 0.25) is 0 Å². The van der Waals surface area contributed by atoms with E-state index in [1.165, 1.54) is 36.8 Å². The van der Waals surface area contributed by atoms with Crippen LogP contribution in [0.3, 0.4) is 0 Å². The molecule has 0 amide bonds. The summed E-state index contributed by atoms with van der Waals surface area (Å²) in [5.41, 5.74) is 2.35. The Morgan fingerprint density at radius 2 is 2.05 bits per heavy atom. The molecule has 1 aromatic carbocycles. The third-order valence-corrected chi connectivity index (χ3v) is 4.26. The molecule has 1 fully saturated rings. The molecule has 1 aromatic heterocycles. The van der Waals surface area contributed by atoms with E-state index in [1.54, 1.807) is 0 Å². The molecule has 1 aliphatic rings. The highest BCUT2D eigenvalue weighted by molar-refractivity contribution is 5.78. The molecule has 0 spiro atoms. The van der Waals surface area contributed by atoms with E-state index in [4.69, 9.17) is 4.98 Å². The Balaban J connectivity index is 1.56. The van der Waals surface area contributed by atoms with E-state index in [2.05, 4.69) is 48.6 Å². The molecule has 1 unspecified atom stereocenters. The van der Waals surface area contributed by atoms with Gasteiger partial charge in [-0.15, -0.1) is 0 Å². The second kappa shape index (κ2) is 6.36. The van der Waals surface area contributed by atoms with Crippen LogP contribution in [0.5, 0.6) is 0 Å². The lowest BCUT2D eigenvalue weighted by molar-refractivity contribution is 0.434. The Labute approximate surface area is 121 Å². The fraction of sp³-hybridized carbons (Fsp3) is 0.500. The molecule has 0 saturated heterocycles. The van der Waals surface area contributed by atoms with Crippen molar-refractivity contribution in [2.24, 2.45) is 5.92 Å². The number of hydrogen-bond donors (Lipinski definition) is 1. The number of benzene rings is 1. The van der Waals surface area contributed by atoms with Crippen molar-refractivity contribution in [1.82, 2.24) is 10.3 Å². The van der Waals surface area contributed by atoms with E-state index < -0.39 is 0 Å². The third kappa shape index (κ3) is 3.37. The lowest BCUT2D eigenvalue weighted by atomic mass is 10.0. The standard InChI is InChI=1S/C18H24N2/c1-2-19-17(15-10-11-15)9-5-7-16-13-12-14-6-3-4-8-18(14)20-16/h3-4,6,8,12-13,15,17,19H,2,5,7,9-11H2,1H3. The second-order valence-corrected chi connectivity index (χ2v) is 5.89. The Kier molecular flexibility index (Phi) is 4.31. The highest BCUT2D eigenvalue weighted by Gasteiger charge is 2.29. The Bertz CT molecular complexity index is 560. The van der Waals surface area contributed by atoms with Crippen LogP contribution in [-0.4, -0.2) is 17.6 Å². The Hall–Kier alpha value is -1.41. The quantitative estimate of drug-likeness (QED) is 0.822. The van der Waals surface area contributed by atoms with Gasteiger partial charge in [0, 0.05) is 17.1 Å². The van der Waals surface area contributed by atoms with E-state index in [-0.39, 0.29) is 0 Å². The van der Waals surface area contributed by atoms with Gasteiger partial charge in [0.25, 0.3) is 0 Å². The molecule has 0 radical (unpaired) electrons. The molecular weight excluding hydrogens is 244 g/mol. The molecule has 0 bridgehead atoms. The number of aryl methyl sites for hydroxylation is 1. The van der Waals surface area contributed by atoms with Gasteiger partial charge in [0.05, 0.1) is 5.52 Å². The smallest absolute Gasteiger partial charge is 0.0705 e. The lowest BCUT2D eigenvalue weighted by Crippen LogP contribution is -2.30. The first-order valence-electron chi connectivity index (χ1n) is 7.95. The average molecular weight is 268 g/mol. The van der Waals surface area contributed by atoms with Gasteiger partial charge in [-0.3, -0.25) is 4.98 Å². The normalized spacial score (nSPS) is 16.4. The summed E-state index contributed by atoms with van der Waals surface area (Å²) < 4.78 is 0. The van der Waals surface area contributed by atoms with E-state index >= 15 is 0 Å². The number of nitrogens with one attached hydrogen (secondary N) is 1. The highest BCUT2D eigenvalue weighted by Crippen LogP contribution is 2.34. The van der Waals surface area contributed by atoms with Crippen molar-refractivity contribution in [3.63, 3.8) is 0 Å². The van der Waals surface area contributed by atoms with Gasteiger partial charge in [-0.25, -0.2) is 0 Å². The fourth-order valence-electron chi connectivity index (χ4n) is 3.02. The van der Waals surface area contributed by atoms with E-state index in [1.807, 2.05) is 0 Å². The van der Waals surface area contributed by atoms with Gasteiger partial charge >= 0.3 is 0 Å². The zero-order chi connectivity index (χ0) is 13.8. The summed E-state index contributed by atoms with van der Waals surface area (Å²) in [7, 11) is 0. The molecule has 1 saturated carbocycles. The number of fused-ring (bicyclic) bond motifs is 1. The number of aromatic nitrogens is 1. The lowest BCUT2D eigenvalue weighted by Gasteiger charge is -2.16. The summed E-state index contributed by atoms with van der Waals surface area (Å²) >= 11 is 0. The van der Waals surface area contributed by atoms with Crippen LogP contribution in [0, 0.1) is 5.92 Å². The Morgan fingerprint density at radius 1 is 1.20 bits per heavy atom. The van der Waals surface area contributed by atoms with Crippen LogP contribution >= 0.6 is 0 Å². The maximum atomic E-state index is 4.76. The summed E-state index contributed by atoms with van der Waals surface area (Å²) in [5, 5.41) is 4.88. The van der Waals surface area contributed by atoms with Gasteiger partial charge in [0.15, 0.2) is 0 Å². The van der Waals surface area contributed by atoms with Crippen molar-refractivity contribution < 1.29 is 0 Å². The van der Waals surface area contributed by atoms with E-state index in [9.17, 15) is 0 Å². The van der Waals surface area contributed by atoms with Gasteiger partial charge in [0.1, 0.15) is 0 Å². The monoisotopic (exact) mass is 268 g/mol. The van der Waals surface area contributed by atoms with Gasteiger partial charge in [-0.2, -0.15) is 0 Å². The van der Waals surface area contributed by atoms with Crippen molar-refractivity contribution in [3.05, 3.63) is 42.1 Å². The molecule has 2 aromatic rings. The zero-order valence-corrected chi connectivity index (χ0v) is 12.3. The molecule has 0 aliphatic heterocycles. The van der Waals surface area contributed by atoms with Gasteiger partial charge in [-0.05, 0) is 56.7 Å². The van der Waals surface area contributed by atoms with Crippen molar-refractivity contribution in [2.45, 2.75) is 45.1 Å². The maximum Gasteiger partial charge on any atom is 0.0705 e. The number of para-hydroxylation sites is 1. The fourth-order valence-corrected chi connectivity index (χ4v) is 3.02. The van der Waals surface area contributed by atoms with Crippen LogP contribution in [0.25, 0.3) is 10.9 Å². The average Bonchev–Trinajstić information content (AvgIpc) is 3.31. The summed E-state index contributed by atoms with van der Waals surface area (Å²) in [6.45, 7) is 3.30. The van der Waals surface area contributed by atoms with Crippen LogP contribution in [0.2, 0.25) is 0 Å². The zero-order valence-electron chi connectivity index (χ0n) is 12.3. The molecule has 20 heavy (non-hydrogen) atoms. The second-order valence-electron chi connectivity index (χ2n) is 5.89. The molecule has 1 N–H and O–H groups in total. The van der Waals surface area contributed by atoms with Crippen LogP contribution < -0.4 is 5.32 Å². The SMILES string of the molecule is CCNC(CCCc1ccc2ccccc2n1)C1CC1. The first-order chi connectivity index (χ1) is 9.86. The molecule has 3 rings (SSSR count). The van der Waals surface area contributed by atoms with Crippen molar-refractivity contribution in [3.8, 4) is 0 Å². The summed E-state index contributed by atoms with van der Waals surface area (Å²) in [4.78, 5) is 4.76. The van der Waals surface area contributed by atoms with Crippen molar-refractivity contribution >= 4 is 10.9 Å². The van der Waals surface area contributed by atoms with Crippen LogP contribution in [0.15, 0.2) is 36.4 Å². The highest BCUT2D eigenvalue weighted by atomic mass is 14.9. The number of rotatable bonds is 7. The molecule has 1 aliphatic carbocycles. The minimum Gasteiger partial charge on any atom is -0.314 e. The predicted molar refractivity (Wildman–Crippen MR) is 84.9 cm³/mol. The van der Waals surface area contributed by atoms with E-state index in [0.29, 0.717) is 0 Å².